The van der Waals surface area contributed by atoms with Crippen LogP contribution in [0.25, 0.3) is 5.76 Å². The number of carbonyl (C=O) groups is 3. The number of rotatable bonds is 6. The molecular weight excluding hydrogens is 454 g/mol. The van der Waals surface area contributed by atoms with Crippen molar-refractivity contribution >= 4 is 39.9 Å². The van der Waals surface area contributed by atoms with Gasteiger partial charge in [0.05, 0.1) is 17.3 Å². The van der Waals surface area contributed by atoms with Gasteiger partial charge in [-0.3, -0.25) is 19.5 Å². The molecule has 172 valence electrons. The fourth-order valence-corrected chi connectivity index (χ4v) is 4.62. The van der Waals surface area contributed by atoms with Crippen LogP contribution in [-0.2, 0) is 14.3 Å². The third-order valence-corrected chi connectivity index (χ3v) is 6.44. The number of ketones is 1. The molecule has 1 N–H and O–H groups in total. The molecule has 9 heteroatoms. The van der Waals surface area contributed by atoms with Crippen molar-refractivity contribution in [2.24, 2.45) is 0 Å². The van der Waals surface area contributed by atoms with Crippen LogP contribution in [0, 0.1) is 13.8 Å². The lowest BCUT2D eigenvalue weighted by atomic mass is 9.95. The second-order valence-electron chi connectivity index (χ2n) is 7.61. The van der Waals surface area contributed by atoms with Crippen LogP contribution in [0.3, 0.4) is 0 Å². The first kappa shape index (κ1) is 23.1. The average Bonchev–Trinajstić information content (AvgIpc) is 3.35. The summed E-state index contributed by atoms with van der Waals surface area (Å²) in [7, 11) is 0. The molecule has 0 spiro atoms. The largest absolute Gasteiger partial charge is 0.507 e. The number of hydrogen-bond donors (Lipinski definition) is 1. The second kappa shape index (κ2) is 9.40. The Hall–Kier alpha value is -4.11. The van der Waals surface area contributed by atoms with Gasteiger partial charge in [-0.25, -0.2) is 9.78 Å². The van der Waals surface area contributed by atoms with Crippen molar-refractivity contribution in [3.63, 3.8) is 0 Å². The fourth-order valence-electron chi connectivity index (χ4n) is 3.63. The van der Waals surface area contributed by atoms with Gasteiger partial charge in [0.25, 0.3) is 5.78 Å². The zero-order valence-electron chi connectivity index (χ0n) is 18.5. The molecule has 1 saturated heterocycles. The molecule has 1 unspecified atom stereocenters. The highest BCUT2D eigenvalue weighted by molar-refractivity contribution is 7.17. The molecule has 8 nitrogen and oxygen atoms in total. The van der Waals surface area contributed by atoms with Crippen molar-refractivity contribution in [3.8, 4) is 0 Å². The molecule has 3 heterocycles. The van der Waals surface area contributed by atoms with Crippen LogP contribution in [0.15, 0.2) is 67.0 Å². The summed E-state index contributed by atoms with van der Waals surface area (Å²) < 4.78 is 5.11. The van der Waals surface area contributed by atoms with E-state index in [1.807, 2.05) is 19.1 Å². The summed E-state index contributed by atoms with van der Waals surface area (Å²) in [5, 5.41) is 11.2. The van der Waals surface area contributed by atoms with Gasteiger partial charge < -0.3 is 9.84 Å². The predicted octanol–water partition coefficient (Wildman–Crippen LogP) is 4.12. The number of Topliss-reactive ketones (excluding diaryl/α,β-unsaturated/α-hetero) is 1. The number of benzene rings is 1. The number of thiazole rings is 1. The van der Waals surface area contributed by atoms with Crippen LogP contribution in [0.1, 0.15) is 38.1 Å². The van der Waals surface area contributed by atoms with Gasteiger partial charge in [0.1, 0.15) is 17.2 Å². The van der Waals surface area contributed by atoms with Gasteiger partial charge in [-0.05, 0) is 31.5 Å². The summed E-state index contributed by atoms with van der Waals surface area (Å²) in [5.74, 6) is -2.60. The normalized spacial score (nSPS) is 17.1. The molecular formula is C25H21N3O5S. The van der Waals surface area contributed by atoms with Crippen molar-refractivity contribution in [2.45, 2.75) is 19.9 Å². The van der Waals surface area contributed by atoms with Gasteiger partial charge in [-0.15, -0.1) is 0 Å². The number of hydrogen-bond acceptors (Lipinski definition) is 8. The van der Waals surface area contributed by atoms with Crippen LogP contribution >= 0.6 is 11.3 Å². The first-order valence-electron chi connectivity index (χ1n) is 10.4. The molecule has 1 amide bonds. The van der Waals surface area contributed by atoms with Crippen molar-refractivity contribution in [3.05, 3.63) is 94.3 Å². The third kappa shape index (κ3) is 4.13. The highest BCUT2D eigenvalue weighted by atomic mass is 32.1. The van der Waals surface area contributed by atoms with E-state index in [-0.39, 0.29) is 27.9 Å². The lowest BCUT2D eigenvalue weighted by molar-refractivity contribution is -0.132. The molecule has 0 saturated carbocycles. The summed E-state index contributed by atoms with van der Waals surface area (Å²) >= 11 is 0.951. The Bertz CT molecular complexity index is 1310. The van der Waals surface area contributed by atoms with E-state index in [2.05, 4.69) is 16.5 Å². The minimum Gasteiger partial charge on any atom is -0.507 e. The Morgan fingerprint density at radius 1 is 1.18 bits per heavy atom. The number of nitrogens with zero attached hydrogens (tertiary/aromatic N) is 3. The highest BCUT2D eigenvalue weighted by Gasteiger charge is 2.48. The third-order valence-electron chi connectivity index (χ3n) is 5.30. The summed E-state index contributed by atoms with van der Waals surface area (Å²) in [6.45, 7) is 7.10. The van der Waals surface area contributed by atoms with E-state index in [0.717, 1.165) is 16.9 Å². The van der Waals surface area contributed by atoms with Crippen LogP contribution in [0.4, 0.5) is 5.13 Å². The first-order chi connectivity index (χ1) is 16.3. The zero-order chi connectivity index (χ0) is 24.4. The zero-order valence-corrected chi connectivity index (χ0v) is 19.3. The first-order valence-corrected chi connectivity index (χ1v) is 11.2. The molecule has 2 aromatic heterocycles. The number of aryl methyl sites for hydroxylation is 2. The number of aromatic nitrogens is 2. The maximum Gasteiger partial charge on any atom is 0.350 e. The molecule has 0 aliphatic carbocycles. The SMILES string of the molecule is C=CCOC(=O)c1sc(N2C(=O)C(=O)/C(=C(/O)c3ccncc3)C2c2ccc(C)cc2)nc1C. The average molecular weight is 476 g/mol. The predicted molar refractivity (Wildman–Crippen MR) is 128 cm³/mol. The van der Waals surface area contributed by atoms with Crippen LogP contribution in [0.5, 0.6) is 0 Å². The summed E-state index contributed by atoms with van der Waals surface area (Å²) in [6.07, 6.45) is 4.42. The molecule has 34 heavy (non-hydrogen) atoms. The summed E-state index contributed by atoms with van der Waals surface area (Å²) in [6, 6.07) is 9.46. The number of esters is 1. The molecule has 1 aliphatic heterocycles. The maximum atomic E-state index is 13.2. The molecule has 1 fully saturated rings. The van der Waals surface area contributed by atoms with Gasteiger partial charge in [0.2, 0.25) is 0 Å². The Balaban J connectivity index is 1.88. The van der Waals surface area contributed by atoms with Gasteiger partial charge in [0, 0.05) is 18.0 Å². The monoisotopic (exact) mass is 475 g/mol. The van der Waals surface area contributed by atoms with Gasteiger partial charge in [-0.1, -0.05) is 53.8 Å². The molecule has 1 aliphatic rings. The number of carbonyl (C=O) groups excluding carboxylic acids is 3. The quantitative estimate of drug-likeness (QED) is 0.188. The summed E-state index contributed by atoms with van der Waals surface area (Å²) in [5.41, 5.74) is 2.27. The number of pyridine rings is 1. The van der Waals surface area contributed by atoms with Gasteiger partial charge >= 0.3 is 11.9 Å². The number of anilines is 1. The van der Waals surface area contributed by atoms with E-state index in [1.165, 1.54) is 23.4 Å². The van der Waals surface area contributed by atoms with Gasteiger partial charge in [0.15, 0.2) is 5.13 Å². The minimum atomic E-state index is -0.934. The Morgan fingerprint density at radius 2 is 1.85 bits per heavy atom. The number of ether oxygens (including phenoxy) is 1. The van der Waals surface area contributed by atoms with Crippen molar-refractivity contribution < 1.29 is 24.2 Å². The lowest BCUT2D eigenvalue weighted by Gasteiger charge is -2.23. The Morgan fingerprint density at radius 3 is 2.50 bits per heavy atom. The standard InChI is InChI=1S/C25H21N3O5S/c1-4-13-33-24(32)22-15(3)27-25(34-22)28-19(16-7-5-14(2)6-8-16)18(21(30)23(28)31)20(29)17-9-11-26-12-10-17/h4-12,19,29H,1,13H2,2-3H3/b20-18+. The summed E-state index contributed by atoms with van der Waals surface area (Å²) in [4.78, 5) is 48.6. The van der Waals surface area contributed by atoms with Crippen LogP contribution in [-0.4, -0.2) is 39.3 Å². The van der Waals surface area contributed by atoms with E-state index in [1.54, 1.807) is 31.2 Å². The topological polar surface area (TPSA) is 110 Å². The van der Waals surface area contributed by atoms with E-state index < -0.39 is 23.7 Å². The number of aliphatic hydroxyl groups is 1. The lowest BCUT2D eigenvalue weighted by Crippen LogP contribution is -2.29. The van der Waals surface area contributed by atoms with Crippen molar-refractivity contribution in [2.75, 3.05) is 11.5 Å². The van der Waals surface area contributed by atoms with Gasteiger partial charge in [-0.2, -0.15) is 0 Å². The number of aliphatic hydroxyl groups excluding tert-OH is 1. The maximum absolute atomic E-state index is 13.2. The highest BCUT2D eigenvalue weighted by Crippen LogP contribution is 2.43. The molecule has 3 aromatic rings. The fraction of sp³-hybridized carbons (Fsp3) is 0.160. The smallest absolute Gasteiger partial charge is 0.350 e. The Labute approximate surface area is 199 Å². The Kier molecular flexibility index (Phi) is 6.38. The number of amides is 1. The molecule has 0 radical (unpaired) electrons. The van der Waals surface area contributed by atoms with E-state index >= 15 is 0 Å². The van der Waals surface area contributed by atoms with Crippen molar-refractivity contribution in [1.82, 2.24) is 9.97 Å². The molecule has 0 bridgehead atoms. The second-order valence-corrected chi connectivity index (χ2v) is 8.59. The molecule has 1 atom stereocenters. The molecule has 1 aromatic carbocycles. The molecule has 4 rings (SSSR count). The van der Waals surface area contributed by atoms with Crippen LogP contribution in [0.2, 0.25) is 0 Å². The van der Waals surface area contributed by atoms with E-state index in [0.29, 0.717) is 16.8 Å². The minimum absolute atomic E-state index is 0.0331. The van der Waals surface area contributed by atoms with E-state index in [9.17, 15) is 19.5 Å². The van der Waals surface area contributed by atoms with E-state index in [4.69, 9.17) is 4.74 Å². The van der Waals surface area contributed by atoms with Crippen LogP contribution < -0.4 is 4.90 Å². The van der Waals surface area contributed by atoms with Crippen molar-refractivity contribution in [1.29, 1.82) is 0 Å².